The highest BCUT2D eigenvalue weighted by Gasteiger charge is 2.39. The Kier molecular flexibility index (Phi) is 3.78. The van der Waals surface area contributed by atoms with Crippen molar-refractivity contribution in [1.82, 2.24) is 5.32 Å². The van der Waals surface area contributed by atoms with Crippen LogP contribution in [0, 0.1) is 11.6 Å². The van der Waals surface area contributed by atoms with E-state index < -0.39 is 29.6 Å². The van der Waals surface area contributed by atoms with Crippen LogP contribution in [0.25, 0.3) is 0 Å². The summed E-state index contributed by atoms with van der Waals surface area (Å²) in [5.41, 5.74) is 0.272. The van der Waals surface area contributed by atoms with Crippen LogP contribution in [-0.4, -0.2) is 24.5 Å². The Balaban J connectivity index is 2.30. The molecule has 1 aromatic rings. The molecule has 0 radical (unpaired) electrons. The topological polar surface area (TPSA) is 55.4 Å². The molecule has 2 rings (SSSR count). The normalized spacial score (nSPS) is 22.2. The summed E-state index contributed by atoms with van der Waals surface area (Å²) in [6.07, 6.45) is 0.00632. The molecule has 2 unspecified atom stereocenters. The Morgan fingerprint density at radius 1 is 1.37 bits per heavy atom. The monoisotopic (exact) mass is 269 g/mol. The number of hydrogen-bond acceptors (Lipinski definition) is 3. The van der Waals surface area contributed by atoms with Crippen molar-refractivity contribution in [2.24, 2.45) is 0 Å². The third-order valence-corrected chi connectivity index (χ3v) is 2.98. The molecule has 1 aromatic carbocycles. The number of carbonyl (C=O) groups excluding carboxylic acids is 2. The van der Waals surface area contributed by atoms with Crippen LogP contribution >= 0.6 is 0 Å². The lowest BCUT2D eigenvalue weighted by molar-refractivity contribution is -0.146. The zero-order valence-corrected chi connectivity index (χ0v) is 10.3. The number of esters is 1. The molecule has 1 fully saturated rings. The lowest BCUT2D eigenvalue weighted by atomic mass is 9.91. The van der Waals surface area contributed by atoms with Crippen LogP contribution in [0.3, 0.4) is 0 Å². The highest BCUT2D eigenvalue weighted by atomic mass is 19.1. The highest BCUT2D eigenvalue weighted by molar-refractivity contribution is 5.90. The molecule has 1 saturated heterocycles. The predicted molar refractivity (Wildman–Crippen MR) is 62.3 cm³/mol. The quantitative estimate of drug-likeness (QED) is 0.846. The van der Waals surface area contributed by atoms with E-state index in [1.54, 1.807) is 6.92 Å². The van der Waals surface area contributed by atoms with Crippen molar-refractivity contribution in [2.45, 2.75) is 25.3 Å². The maximum Gasteiger partial charge on any atom is 0.329 e. The molecule has 2 atom stereocenters. The fraction of sp³-hybridized carbons (Fsp3) is 0.385. The van der Waals surface area contributed by atoms with Gasteiger partial charge in [-0.05, 0) is 24.6 Å². The Bertz CT molecular complexity index is 498. The van der Waals surface area contributed by atoms with Crippen molar-refractivity contribution in [3.05, 3.63) is 35.4 Å². The molecule has 6 heteroatoms. The van der Waals surface area contributed by atoms with Crippen molar-refractivity contribution in [1.29, 1.82) is 0 Å². The molecule has 0 aromatic heterocycles. The van der Waals surface area contributed by atoms with Gasteiger partial charge < -0.3 is 10.1 Å². The summed E-state index contributed by atoms with van der Waals surface area (Å²) >= 11 is 0. The Labute approximate surface area is 108 Å². The van der Waals surface area contributed by atoms with E-state index in [2.05, 4.69) is 5.32 Å². The summed E-state index contributed by atoms with van der Waals surface area (Å²) in [5.74, 6) is -3.03. The molecule has 1 N–H and O–H groups in total. The summed E-state index contributed by atoms with van der Waals surface area (Å²) in [6, 6.07) is 2.10. The zero-order valence-electron chi connectivity index (χ0n) is 10.3. The fourth-order valence-corrected chi connectivity index (χ4v) is 2.21. The first-order valence-electron chi connectivity index (χ1n) is 5.93. The maximum atomic E-state index is 13.2. The van der Waals surface area contributed by atoms with E-state index in [1.165, 1.54) is 0 Å². The minimum absolute atomic E-state index is 0.00632. The maximum absolute atomic E-state index is 13.2. The molecular formula is C13H13F2NO3. The number of nitrogens with one attached hydrogen (secondary N) is 1. The first kappa shape index (κ1) is 13.5. The predicted octanol–water partition coefficient (Wildman–Crippen LogP) is 1.50. The van der Waals surface area contributed by atoms with E-state index >= 15 is 0 Å². The van der Waals surface area contributed by atoms with Gasteiger partial charge in [0.25, 0.3) is 0 Å². The lowest BCUT2D eigenvalue weighted by Gasteiger charge is -2.17. The van der Waals surface area contributed by atoms with Crippen molar-refractivity contribution in [2.75, 3.05) is 6.61 Å². The van der Waals surface area contributed by atoms with Gasteiger partial charge in [0.15, 0.2) is 0 Å². The van der Waals surface area contributed by atoms with Crippen LogP contribution in [0.1, 0.15) is 24.8 Å². The average Bonchev–Trinajstić information content (AvgIpc) is 2.70. The first-order valence-corrected chi connectivity index (χ1v) is 5.93. The molecule has 1 aliphatic rings. The van der Waals surface area contributed by atoms with Gasteiger partial charge in [0.2, 0.25) is 5.91 Å². The number of amides is 1. The van der Waals surface area contributed by atoms with Crippen LogP contribution in [0.2, 0.25) is 0 Å². The minimum Gasteiger partial charge on any atom is -0.464 e. The fourth-order valence-electron chi connectivity index (χ4n) is 2.21. The summed E-state index contributed by atoms with van der Waals surface area (Å²) in [4.78, 5) is 23.1. The Hall–Kier alpha value is -1.98. The molecule has 0 bridgehead atoms. The molecule has 102 valence electrons. The van der Waals surface area contributed by atoms with Gasteiger partial charge in [-0.25, -0.2) is 13.6 Å². The van der Waals surface area contributed by atoms with Crippen LogP contribution in [-0.2, 0) is 14.3 Å². The molecule has 0 aliphatic carbocycles. The third kappa shape index (κ3) is 2.89. The number of hydrogen-bond donors (Lipinski definition) is 1. The number of rotatable bonds is 3. The summed E-state index contributed by atoms with van der Waals surface area (Å²) in [7, 11) is 0. The largest absolute Gasteiger partial charge is 0.464 e. The molecule has 0 spiro atoms. The molecule has 1 heterocycles. The van der Waals surface area contributed by atoms with E-state index in [9.17, 15) is 18.4 Å². The van der Waals surface area contributed by atoms with Gasteiger partial charge in [0.1, 0.15) is 17.7 Å². The van der Waals surface area contributed by atoms with Crippen molar-refractivity contribution in [3.8, 4) is 0 Å². The second-order valence-electron chi connectivity index (χ2n) is 4.31. The van der Waals surface area contributed by atoms with Gasteiger partial charge in [-0.2, -0.15) is 0 Å². The van der Waals surface area contributed by atoms with Gasteiger partial charge in [-0.15, -0.1) is 0 Å². The average molecular weight is 269 g/mol. The molecule has 1 aliphatic heterocycles. The molecule has 1 amide bonds. The van der Waals surface area contributed by atoms with E-state index in [0.717, 1.165) is 18.2 Å². The summed E-state index contributed by atoms with van der Waals surface area (Å²) in [5, 5.41) is 2.47. The van der Waals surface area contributed by atoms with Gasteiger partial charge in [-0.1, -0.05) is 0 Å². The van der Waals surface area contributed by atoms with Crippen LogP contribution in [0.5, 0.6) is 0 Å². The van der Waals surface area contributed by atoms with E-state index in [1.807, 2.05) is 0 Å². The molecule has 19 heavy (non-hydrogen) atoms. The van der Waals surface area contributed by atoms with Gasteiger partial charge in [0.05, 0.1) is 6.61 Å². The lowest BCUT2D eigenvalue weighted by Crippen LogP contribution is -2.37. The van der Waals surface area contributed by atoms with Gasteiger partial charge in [0, 0.05) is 18.4 Å². The van der Waals surface area contributed by atoms with E-state index in [4.69, 9.17) is 4.74 Å². The third-order valence-electron chi connectivity index (χ3n) is 2.98. The van der Waals surface area contributed by atoms with E-state index in [-0.39, 0.29) is 24.5 Å². The van der Waals surface area contributed by atoms with Gasteiger partial charge in [-0.3, -0.25) is 4.79 Å². The number of carbonyl (C=O) groups is 2. The first-order chi connectivity index (χ1) is 9.01. The zero-order chi connectivity index (χ0) is 14.0. The van der Waals surface area contributed by atoms with Crippen molar-refractivity contribution < 1.29 is 23.1 Å². The number of ether oxygens (including phenoxy) is 1. The van der Waals surface area contributed by atoms with Crippen molar-refractivity contribution >= 4 is 11.9 Å². The van der Waals surface area contributed by atoms with Crippen LogP contribution in [0.4, 0.5) is 8.78 Å². The van der Waals surface area contributed by atoms with Crippen molar-refractivity contribution in [3.63, 3.8) is 0 Å². The van der Waals surface area contributed by atoms with Crippen LogP contribution in [0.15, 0.2) is 18.2 Å². The second kappa shape index (κ2) is 5.34. The van der Waals surface area contributed by atoms with Crippen LogP contribution < -0.4 is 5.32 Å². The number of benzene rings is 1. The van der Waals surface area contributed by atoms with Gasteiger partial charge >= 0.3 is 5.97 Å². The SMILES string of the molecule is CCOC(=O)C1NC(=O)CC1c1cc(F)cc(F)c1. The molecular weight excluding hydrogens is 256 g/mol. The number of halogens is 2. The Morgan fingerprint density at radius 3 is 2.58 bits per heavy atom. The van der Waals surface area contributed by atoms with E-state index in [0.29, 0.717) is 0 Å². The minimum atomic E-state index is -0.895. The summed E-state index contributed by atoms with van der Waals surface area (Å²) in [6.45, 7) is 1.82. The Morgan fingerprint density at radius 2 is 2.00 bits per heavy atom. The molecule has 0 saturated carbocycles. The molecule has 4 nitrogen and oxygen atoms in total. The summed E-state index contributed by atoms with van der Waals surface area (Å²) < 4.78 is 31.2. The highest BCUT2D eigenvalue weighted by Crippen LogP contribution is 2.30. The standard InChI is InChI=1S/C13H13F2NO3/c1-2-19-13(18)12-10(6-11(17)16-12)7-3-8(14)5-9(15)4-7/h3-5,10,12H,2,6H2,1H3,(H,16,17). The second-order valence-corrected chi connectivity index (χ2v) is 4.31. The smallest absolute Gasteiger partial charge is 0.329 e.